The Morgan fingerprint density at radius 3 is 2.69 bits per heavy atom. The maximum atomic E-state index is 5.88. The Morgan fingerprint density at radius 1 is 1.15 bits per heavy atom. The zero-order valence-corrected chi connectivity index (χ0v) is 25.0. The van der Waals surface area contributed by atoms with Crippen LogP contribution in [-0.4, -0.2) is 58.4 Å². The highest BCUT2D eigenvalue weighted by molar-refractivity contribution is 8.13. The largest absolute Gasteiger partial charge is 0.349 e. The molecule has 2 aromatic carbocycles. The number of hydrogen-bond donors (Lipinski definition) is 1. The van der Waals surface area contributed by atoms with E-state index in [9.17, 15) is 0 Å². The van der Waals surface area contributed by atoms with Crippen LogP contribution >= 0.6 is 11.8 Å². The highest BCUT2D eigenvalue weighted by Gasteiger charge is 2.60. The number of pyridine rings is 1. The van der Waals surface area contributed by atoms with E-state index < -0.39 is 0 Å². The molecular weight excluding hydrogens is 498 g/mol. The standard InChI is InChI=1S/C33H43N5S/c1-22-10-15-27-26(8-6-9-29(27)35-22)28-18-30(28)37(5)31(36-34)39-17-7-16-38-20-25-19-33(25,21-38)24-13-11-23(12-14-24)32(2,3)4/h6,8-15,25,28,30H,7,16-21,34H2,1-5H3/b36-31+. The molecule has 0 bridgehead atoms. The molecule has 2 saturated carbocycles. The SMILES string of the molecule is Cc1ccc2c(C3CC3N(C)/C(=N\N)SCCCN3CC4CC4(c4ccc(C(C)(C)C)cc4)C3)cccc2n1. The number of likely N-dealkylation sites (N-methyl/N-ethyl adjacent to an activating group) is 1. The van der Waals surface area contributed by atoms with E-state index in [0.29, 0.717) is 17.4 Å². The normalized spacial score (nSPS) is 26.6. The van der Waals surface area contributed by atoms with E-state index >= 15 is 0 Å². The molecule has 4 atom stereocenters. The Labute approximate surface area is 238 Å². The molecule has 1 aliphatic heterocycles. The van der Waals surface area contributed by atoms with E-state index in [1.807, 2.05) is 11.8 Å². The first-order valence-corrected chi connectivity index (χ1v) is 15.5. The fourth-order valence-electron chi connectivity index (χ4n) is 6.88. The van der Waals surface area contributed by atoms with Gasteiger partial charge in [-0.15, -0.1) is 0 Å². The van der Waals surface area contributed by atoms with Gasteiger partial charge in [0.05, 0.1) is 5.52 Å². The van der Waals surface area contributed by atoms with E-state index in [-0.39, 0.29) is 5.41 Å². The average molecular weight is 542 g/mol. The Kier molecular flexibility index (Phi) is 6.91. The van der Waals surface area contributed by atoms with Crippen LogP contribution in [0.2, 0.25) is 0 Å². The molecule has 4 unspecified atom stereocenters. The molecule has 39 heavy (non-hydrogen) atoms. The minimum absolute atomic E-state index is 0.214. The van der Waals surface area contributed by atoms with Crippen molar-refractivity contribution in [1.29, 1.82) is 0 Å². The van der Waals surface area contributed by atoms with E-state index in [1.165, 1.54) is 36.0 Å². The van der Waals surface area contributed by atoms with Crippen LogP contribution in [0.4, 0.5) is 0 Å². The molecule has 6 heteroatoms. The van der Waals surface area contributed by atoms with Crippen molar-refractivity contribution in [2.45, 2.75) is 69.7 Å². The van der Waals surface area contributed by atoms with Crippen LogP contribution in [0, 0.1) is 12.8 Å². The van der Waals surface area contributed by atoms with Gasteiger partial charge in [0, 0.05) is 54.3 Å². The summed E-state index contributed by atoms with van der Waals surface area (Å²) in [7, 11) is 2.15. The number of amidine groups is 1. The smallest absolute Gasteiger partial charge is 0.182 e. The highest BCUT2D eigenvalue weighted by Crippen LogP contribution is 2.59. The van der Waals surface area contributed by atoms with Gasteiger partial charge in [0.2, 0.25) is 0 Å². The minimum atomic E-state index is 0.214. The second-order valence-corrected chi connectivity index (χ2v) is 14.2. The van der Waals surface area contributed by atoms with Crippen LogP contribution in [0.15, 0.2) is 59.7 Å². The van der Waals surface area contributed by atoms with E-state index in [1.54, 1.807) is 5.56 Å². The van der Waals surface area contributed by atoms with Gasteiger partial charge in [0.25, 0.3) is 0 Å². The summed E-state index contributed by atoms with van der Waals surface area (Å²) in [6.07, 6.45) is 3.65. The Balaban J connectivity index is 0.986. The molecule has 0 radical (unpaired) electrons. The van der Waals surface area contributed by atoms with Gasteiger partial charge < -0.3 is 15.6 Å². The van der Waals surface area contributed by atoms with Gasteiger partial charge in [0.15, 0.2) is 5.17 Å². The summed E-state index contributed by atoms with van der Waals surface area (Å²) in [5, 5.41) is 6.42. The van der Waals surface area contributed by atoms with E-state index in [4.69, 9.17) is 10.8 Å². The predicted molar refractivity (Wildman–Crippen MR) is 165 cm³/mol. The average Bonchev–Trinajstić information content (AvgIpc) is 3.83. The van der Waals surface area contributed by atoms with Crippen molar-refractivity contribution in [1.82, 2.24) is 14.8 Å². The Bertz CT molecular complexity index is 1380. The molecule has 5 nitrogen and oxygen atoms in total. The summed E-state index contributed by atoms with van der Waals surface area (Å²) >= 11 is 1.81. The number of nitrogens with zero attached hydrogens (tertiary/aromatic N) is 4. The number of fused-ring (bicyclic) bond motifs is 2. The van der Waals surface area contributed by atoms with Crippen LogP contribution in [0.25, 0.3) is 10.9 Å². The molecule has 3 aliphatic rings. The highest BCUT2D eigenvalue weighted by atomic mass is 32.2. The second kappa shape index (κ2) is 10.1. The van der Waals surface area contributed by atoms with Gasteiger partial charge in [0.1, 0.15) is 0 Å². The van der Waals surface area contributed by atoms with Crippen molar-refractivity contribution in [2.75, 3.05) is 32.4 Å². The van der Waals surface area contributed by atoms with Crippen molar-refractivity contribution in [2.24, 2.45) is 16.9 Å². The van der Waals surface area contributed by atoms with Gasteiger partial charge in [-0.2, -0.15) is 5.10 Å². The Morgan fingerprint density at radius 2 is 1.95 bits per heavy atom. The number of hydrogen-bond acceptors (Lipinski definition) is 5. The summed E-state index contributed by atoms with van der Waals surface area (Å²) in [4.78, 5) is 9.71. The zero-order chi connectivity index (χ0) is 27.4. The second-order valence-electron chi connectivity index (χ2n) is 13.1. The third-order valence-corrected chi connectivity index (χ3v) is 10.5. The van der Waals surface area contributed by atoms with Crippen LogP contribution in [0.5, 0.6) is 0 Å². The lowest BCUT2D eigenvalue weighted by Crippen LogP contribution is -2.30. The number of thioether (sulfide) groups is 1. The number of likely N-dealkylation sites (tertiary alicyclic amines) is 1. The molecule has 6 rings (SSSR count). The summed E-state index contributed by atoms with van der Waals surface area (Å²) < 4.78 is 0. The lowest BCUT2D eigenvalue weighted by Gasteiger charge is -2.23. The molecule has 0 amide bonds. The van der Waals surface area contributed by atoms with Crippen molar-refractivity contribution in [3.63, 3.8) is 0 Å². The fourth-order valence-corrected chi connectivity index (χ4v) is 7.75. The number of aryl methyl sites for hydroxylation is 1. The van der Waals surface area contributed by atoms with Crippen LogP contribution < -0.4 is 5.84 Å². The molecule has 2 N–H and O–H groups in total. The molecule has 2 heterocycles. The maximum absolute atomic E-state index is 5.88. The number of piperidine rings is 1. The minimum Gasteiger partial charge on any atom is -0.349 e. The van der Waals surface area contributed by atoms with Crippen LogP contribution in [0.3, 0.4) is 0 Å². The summed E-state index contributed by atoms with van der Waals surface area (Å²) in [6, 6.07) is 20.8. The number of aromatic nitrogens is 1. The lowest BCUT2D eigenvalue weighted by atomic mass is 9.85. The van der Waals surface area contributed by atoms with Gasteiger partial charge in [-0.05, 0) is 72.9 Å². The first-order valence-electron chi connectivity index (χ1n) is 14.5. The third-order valence-electron chi connectivity index (χ3n) is 9.36. The first kappa shape index (κ1) is 26.6. The van der Waals surface area contributed by atoms with Crippen molar-refractivity contribution in [3.8, 4) is 0 Å². The Hall–Kier alpha value is -2.57. The number of nitrogens with two attached hydrogens (primary N) is 1. The van der Waals surface area contributed by atoms with Gasteiger partial charge in [-0.25, -0.2) is 0 Å². The van der Waals surface area contributed by atoms with E-state index in [0.717, 1.165) is 47.4 Å². The monoisotopic (exact) mass is 541 g/mol. The van der Waals surface area contributed by atoms with Crippen molar-refractivity contribution < 1.29 is 0 Å². The number of benzene rings is 2. The molecule has 3 fully saturated rings. The molecule has 1 saturated heterocycles. The topological polar surface area (TPSA) is 57.8 Å². The molecule has 3 aromatic rings. The van der Waals surface area contributed by atoms with Crippen LogP contribution in [-0.2, 0) is 10.8 Å². The van der Waals surface area contributed by atoms with Crippen LogP contribution in [0.1, 0.15) is 68.3 Å². The van der Waals surface area contributed by atoms with Gasteiger partial charge in [-0.3, -0.25) is 4.98 Å². The molecule has 2 aliphatic carbocycles. The van der Waals surface area contributed by atoms with Crippen molar-refractivity contribution in [3.05, 3.63) is 77.0 Å². The molecule has 206 valence electrons. The zero-order valence-electron chi connectivity index (χ0n) is 24.2. The third kappa shape index (κ3) is 5.18. The van der Waals surface area contributed by atoms with Gasteiger partial charge in [-0.1, -0.05) is 75.0 Å². The molecule has 1 aromatic heterocycles. The van der Waals surface area contributed by atoms with Gasteiger partial charge >= 0.3 is 0 Å². The maximum Gasteiger partial charge on any atom is 0.182 e. The van der Waals surface area contributed by atoms with Crippen molar-refractivity contribution >= 4 is 27.8 Å². The predicted octanol–water partition coefficient (Wildman–Crippen LogP) is 6.25. The first-order chi connectivity index (χ1) is 18.7. The molecular formula is C33H43N5S. The summed E-state index contributed by atoms with van der Waals surface area (Å²) in [6.45, 7) is 12.5. The number of hydrazone groups is 1. The lowest BCUT2D eigenvalue weighted by molar-refractivity contribution is 0.299. The number of rotatable bonds is 7. The fraction of sp³-hybridized carbons (Fsp3) is 0.515. The summed E-state index contributed by atoms with van der Waals surface area (Å²) in [5.74, 6) is 8.26. The summed E-state index contributed by atoms with van der Waals surface area (Å²) in [5.41, 5.74) is 7.15. The molecule has 0 spiro atoms. The quantitative estimate of drug-likeness (QED) is 0.126. The van der Waals surface area contributed by atoms with E-state index in [2.05, 4.69) is 104 Å².